The van der Waals surface area contributed by atoms with Crippen molar-refractivity contribution in [3.63, 3.8) is 0 Å². The van der Waals surface area contributed by atoms with E-state index in [4.69, 9.17) is 0 Å². The summed E-state index contributed by atoms with van der Waals surface area (Å²) in [5.74, 6) is 3.41. The number of thiophene rings is 1. The van der Waals surface area contributed by atoms with Gasteiger partial charge in [0.1, 0.15) is 0 Å². The molecule has 3 aromatic heterocycles. The van der Waals surface area contributed by atoms with Crippen molar-refractivity contribution in [1.29, 1.82) is 0 Å². The summed E-state index contributed by atoms with van der Waals surface area (Å²) in [6.07, 6.45) is 7.11. The van der Waals surface area contributed by atoms with Gasteiger partial charge in [-0.15, -0.1) is 11.3 Å². The Bertz CT molecular complexity index is 4430. The molecule has 0 radical (unpaired) electrons. The third-order valence-electron chi connectivity index (χ3n) is 18.5. The molecule has 13 aromatic rings. The lowest BCUT2D eigenvalue weighted by atomic mass is 9.43. The summed E-state index contributed by atoms with van der Waals surface area (Å²) >= 11 is 1.88. The molecule has 5 aliphatic carbocycles. The van der Waals surface area contributed by atoms with E-state index in [1.54, 1.807) is 11.1 Å². The molecule has 4 fully saturated rings. The first kappa shape index (κ1) is 40.6. The van der Waals surface area contributed by atoms with Crippen molar-refractivity contribution < 1.29 is 0 Å². The summed E-state index contributed by atoms with van der Waals surface area (Å²) in [5, 5.41) is 7.70. The second-order valence-corrected chi connectivity index (χ2v) is 23.1. The van der Waals surface area contributed by atoms with E-state index in [-0.39, 0.29) is 5.41 Å². The number of nitrogens with zero attached hydrogens (tertiary/aromatic N) is 2. The van der Waals surface area contributed by atoms with Crippen LogP contribution in [0.15, 0.2) is 218 Å². The van der Waals surface area contributed by atoms with E-state index in [0.717, 1.165) is 29.4 Å². The van der Waals surface area contributed by atoms with Crippen molar-refractivity contribution >= 4 is 75.1 Å². The summed E-state index contributed by atoms with van der Waals surface area (Å²) in [6, 6.07) is 83.1. The SMILES string of the molecule is c1cc(-c2ccc(-c3ccc4c(c3)C3(c5ccccc5-4)C4CC5CC(C4)CC3C5)cc2)cc(-n2c3ccccc3c3ccc(-c4ccc5c6ccccc6n(-c6ccc7c(c6)sc6ccccc67)c5c4)cc32)c1. The van der Waals surface area contributed by atoms with Crippen LogP contribution >= 0.6 is 11.3 Å². The lowest BCUT2D eigenvalue weighted by Gasteiger charge is -2.61. The number of benzene rings is 10. The third-order valence-corrected chi connectivity index (χ3v) is 19.6. The Hall–Kier alpha value is -7.98. The van der Waals surface area contributed by atoms with Gasteiger partial charge in [0.25, 0.3) is 0 Å². The predicted octanol–water partition coefficient (Wildman–Crippen LogP) is 19.0. The van der Waals surface area contributed by atoms with Gasteiger partial charge in [0, 0.05) is 58.5 Å². The fourth-order valence-electron chi connectivity index (χ4n) is 15.7. The van der Waals surface area contributed by atoms with E-state index in [2.05, 4.69) is 228 Å². The largest absolute Gasteiger partial charge is 0.309 e. The van der Waals surface area contributed by atoms with Crippen LogP contribution in [0.3, 0.4) is 0 Å². The molecule has 0 atom stereocenters. The van der Waals surface area contributed by atoms with Gasteiger partial charge < -0.3 is 9.13 Å². The molecule has 73 heavy (non-hydrogen) atoms. The summed E-state index contributed by atoms with van der Waals surface area (Å²) in [7, 11) is 0. The van der Waals surface area contributed by atoms with Gasteiger partial charge in [0.2, 0.25) is 0 Å². The molecule has 0 amide bonds. The van der Waals surface area contributed by atoms with Crippen LogP contribution in [0.4, 0.5) is 0 Å². The molecule has 3 heterocycles. The first-order chi connectivity index (χ1) is 36.1. The van der Waals surface area contributed by atoms with Crippen LogP contribution in [0.5, 0.6) is 0 Å². The second-order valence-electron chi connectivity index (χ2n) is 22.1. The fraction of sp³-hybridized carbons (Fsp3) is 0.143. The molecule has 4 bridgehead atoms. The van der Waals surface area contributed by atoms with Crippen LogP contribution in [0, 0.1) is 23.7 Å². The standard InChI is InChI=1S/C70H50N2S/c1-5-16-62-54(12-1)55-28-24-47(38-63(55)70(62)50-33-42-32-43(35-50)36-51(70)34-42)45-22-20-44(21-23-45)46-10-9-11-52(37-46)71-64-17-6-2-13-56(64)58-29-25-48(39-66(58)71)49-26-30-59-57-14-3-7-18-65(57)72(67(59)40-49)53-27-31-61-60-15-4-8-19-68(60)73-69(61)41-53/h1-31,37-43,50-51H,32-36H2. The van der Waals surface area contributed by atoms with E-state index in [1.165, 1.54) is 146 Å². The molecule has 4 saturated carbocycles. The highest BCUT2D eigenvalue weighted by atomic mass is 32.1. The van der Waals surface area contributed by atoms with Crippen molar-refractivity contribution in [1.82, 2.24) is 9.13 Å². The Morgan fingerprint density at radius 1 is 0.315 bits per heavy atom. The minimum absolute atomic E-state index is 0.175. The Morgan fingerprint density at radius 2 is 0.808 bits per heavy atom. The molecule has 5 aliphatic rings. The first-order valence-corrected chi connectivity index (χ1v) is 27.4. The number of hydrogen-bond acceptors (Lipinski definition) is 1. The molecule has 18 rings (SSSR count). The van der Waals surface area contributed by atoms with Crippen molar-refractivity contribution in [3.05, 3.63) is 230 Å². The van der Waals surface area contributed by atoms with E-state index >= 15 is 0 Å². The van der Waals surface area contributed by atoms with Gasteiger partial charge in [-0.2, -0.15) is 0 Å². The van der Waals surface area contributed by atoms with Gasteiger partial charge in [-0.1, -0.05) is 158 Å². The molecule has 10 aromatic carbocycles. The maximum absolute atomic E-state index is 2.62. The maximum Gasteiger partial charge on any atom is 0.0547 e. The van der Waals surface area contributed by atoms with E-state index in [9.17, 15) is 0 Å². The topological polar surface area (TPSA) is 9.86 Å². The predicted molar refractivity (Wildman–Crippen MR) is 308 cm³/mol. The molecular formula is C70H50N2S. The molecule has 0 saturated heterocycles. The number of rotatable bonds is 5. The number of hydrogen-bond donors (Lipinski definition) is 0. The normalized spacial score (nSPS) is 20.7. The lowest BCUT2D eigenvalue weighted by Crippen LogP contribution is -2.55. The molecular weight excluding hydrogens is 901 g/mol. The molecule has 346 valence electrons. The zero-order valence-electron chi connectivity index (χ0n) is 40.4. The summed E-state index contributed by atoms with van der Waals surface area (Å²) in [4.78, 5) is 0. The number of aromatic nitrogens is 2. The van der Waals surface area contributed by atoms with Gasteiger partial charge >= 0.3 is 0 Å². The van der Waals surface area contributed by atoms with Crippen molar-refractivity contribution in [2.45, 2.75) is 37.5 Å². The number of fused-ring (bicyclic) bond motifs is 12. The molecule has 0 unspecified atom stereocenters. The quantitative estimate of drug-likeness (QED) is 0.163. The second kappa shape index (κ2) is 15.0. The monoisotopic (exact) mass is 950 g/mol. The highest BCUT2D eigenvalue weighted by Crippen LogP contribution is 2.69. The lowest BCUT2D eigenvalue weighted by molar-refractivity contribution is -0.0399. The van der Waals surface area contributed by atoms with E-state index in [0.29, 0.717) is 0 Å². The van der Waals surface area contributed by atoms with Crippen LogP contribution in [0.2, 0.25) is 0 Å². The van der Waals surface area contributed by atoms with Gasteiger partial charge in [-0.3, -0.25) is 0 Å². The molecule has 0 N–H and O–H groups in total. The van der Waals surface area contributed by atoms with Crippen LogP contribution in [-0.2, 0) is 5.41 Å². The smallest absolute Gasteiger partial charge is 0.0547 e. The van der Waals surface area contributed by atoms with Gasteiger partial charge in [-0.25, -0.2) is 0 Å². The third kappa shape index (κ3) is 5.69. The van der Waals surface area contributed by atoms with Crippen LogP contribution in [-0.4, -0.2) is 9.13 Å². The van der Waals surface area contributed by atoms with Crippen molar-refractivity contribution in [2.24, 2.45) is 23.7 Å². The Morgan fingerprint density at radius 3 is 1.49 bits per heavy atom. The van der Waals surface area contributed by atoms with Crippen molar-refractivity contribution in [3.8, 4) is 55.9 Å². The average Bonchev–Trinajstić information content (AvgIpc) is 4.19. The zero-order chi connectivity index (χ0) is 47.5. The summed E-state index contributed by atoms with van der Waals surface area (Å²) in [6.45, 7) is 0. The minimum atomic E-state index is 0.175. The number of para-hydroxylation sites is 2. The summed E-state index contributed by atoms with van der Waals surface area (Å²) < 4.78 is 7.58. The van der Waals surface area contributed by atoms with E-state index < -0.39 is 0 Å². The molecule has 2 nitrogen and oxygen atoms in total. The van der Waals surface area contributed by atoms with Crippen molar-refractivity contribution in [2.75, 3.05) is 0 Å². The van der Waals surface area contributed by atoms with Crippen LogP contribution in [0.25, 0.3) is 120 Å². The average molecular weight is 951 g/mol. The van der Waals surface area contributed by atoms with Gasteiger partial charge in [-0.05, 0) is 172 Å². The Kier molecular flexibility index (Phi) is 8.36. The zero-order valence-corrected chi connectivity index (χ0v) is 41.2. The molecule has 0 aliphatic heterocycles. The summed E-state index contributed by atoms with van der Waals surface area (Å²) in [5.41, 5.74) is 21.1. The Balaban J connectivity index is 0.746. The molecule has 1 spiro atoms. The molecule has 3 heteroatoms. The van der Waals surface area contributed by atoms with Gasteiger partial charge in [0.05, 0.1) is 22.1 Å². The van der Waals surface area contributed by atoms with E-state index in [1.807, 2.05) is 11.3 Å². The fourth-order valence-corrected chi connectivity index (χ4v) is 16.9. The maximum atomic E-state index is 2.62. The minimum Gasteiger partial charge on any atom is -0.309 e. The van der Waals surface area contributed by atoms with Crippen LogP contribution in [0.1, 0.15) is 43.2 Å². The Labute approximate surface area is 428 Å². The highest BCUT2D eigenvalue weighted by molar-refractivity contribution is 7.25. The highest BCUT2D eigenvalue weighted by Gasteiger charge is 2.61. The van der Waals surface area contributed by atoms with Crippen LogP contribution < -0.4 is 0 Å². The van der Waals surface area contributed by atoms with Gasteiger partial charge in [0.15, 0.2) is 0 Å². The first-order valence-electron chi connectivity index (χ1n) is 26.6.